The van der Waals surface area contributed by atoms with E-state index in [0.717, 1.165) is 6.07 Å². The Morgan fingerprint density at radius 2 is 2.10 bits per heavy atom. The molecule has 0 aromatic heterocycles. The first kappa shape index (κ1) is 14.6. The lowest BCUT2D eigenvalue weighted by Gasteiger charge is -2.13. The molecule has 0 heterocycles. The zero-order valence-corrected chi connectivity index (χ0v) is 11.3. The highest BCUT2D eigenvalue weighted by Crippen LogP contribution is 2.26. The molecule has 0 saturated heterocycles. The number of carbonyl (C=O) groups excluding carboxylic acids is 1. The van der Waals surface area contributed by atoms with E-state index in [4.69, 9.17) is 16.7 Å². The van der Waals surface area contributed by atoms with Gasteiger partial charge >= 0.3 is 12.0 Å². The molecule has 1 aromatic rings. The van der Waals surface area contributed by atoms with E-state index < -0.39 is 23.7 Å². The Morgan fingerprint density at radius 3 is 2.70 bits per heavy atom. The van der Waals surface area contributed by atoms with Gasteiger partial charge in [-0.3, -0.25) is 4.79 Å². The quantitative estimate of drug-likeness (QED) is 0.803. The first-order valence-corrected chi connectivity index (χ1v) is 6.59. The van der Waals surface area contributed by atoms with Crippen LogP contribution in [0, 0.1) is 11.7 Å². The van der Waals surface area contributed by atoms with Gasteiger partial charge in [0.05, 0.1) is 11.6 Å². The number of hydrogen-bond acceptors (Lipinski definition) is 2. The lowest BCUT2D eigenvalue weighted by Crippen LogP contribution is -2.36. The summed E-state index contributed by atoms with van der Waals surface area (Å²) in [6.07, 6.45) is 1.54. The molecule has 2 amide bonds. The molecule has 7 heteroatoms. The Kier molecular flexibility index (Phi) is 4.44. The number of urea groups is 1. The maximum Gasteiger partial charge on any atom is 0.319 e. The Labute approximate surface area is 120 Å². The SMILES string of the molecule is O=C(Nc1ccc(Cl)cc1F)N[C@H]1CC[C@@H](C(=O)O)C1. The number of amides is 2. The van der Waals surface area contributed by atoms with Crippen LogP contribution in [-0.4, -0.2) is 23.1 Å². The Balaban J connectivity index is 1.88. The van der Waals surface area contributed by atoms with Crippen LogP contribution < -0.4 is 10.6 Å². The van der Waals surface area contributed by atoms with Crippen molar-refractivity contribution in [1.82, 2.24) is 5.32 Å². The van der Waals surface area contributed by atoms with Crippen LogP contribution in [-0.2, 0) is 4.79 Å². The van der Waals surface area contributed by atoms with Crippen molar-refractivity contribution in [3.8, 4) is 0 Å². The minimum absolute atomic E-state index is 0.0275. The minimum atomic E-state index is -0.849. The molecule has 108 valence electrons. The van der Waals surface area contributed by atoms with Gasteiger partial charge < -0.3 is 15.7 Å². The van der Waals surface area contributed by atoms with E-state index in [2.05, 4.69) is 10.6 Å². The highest BCUT2D eigenvalue weighted by Gasteiger charge is 2.30. The molecule has 1 aromatic carbocycles. The first-order valence-electron chi connectivity index (χ1n) is 6.21. The summed E-state index contributed by atoms with van der Waals surface area (Å²) in [5.74, 6) is -1.89. The molecular formula is C13H14ClFN2O3. The number of anilines is 1. The van der Waals surface area contributed by atoms with Crippen LogP contribution in [0.5, 0.6) is 0 Å². The molecule has 3 N–H and O–H groups in total. The summed E-state index contributed by atoms with van der Waals surface area (Å²) in [5, 5.41) is 14.1. The smallest absolute Gasteiger partial charge is 0.319 e. The summed E-state index contributed by atoms with van der Waals surface area (Å²) in [4.78, 5) is 22.5. The van der Waals surface area contributed by atoms with Gasteiger partial charge in [0, 0.05) is 11.1 Å². The predicted molar refractivity (Wildman–Crippen MR) is 72.3 cm³/mol. The molecule has 1 aliphatic carbocycles. The summed E-state index contributed by atoms with van der Waals surface area (Å²) in [6.45, 7) is 0. The second-order valence-corrected chi connectivity index (χ2v) is 5.20. The van der Waals surface area contributed by atoms with Crippen LogP contribution in [0.25, 0.3) is 0 Å². The van der Waals surface area contributed by atoms with E-state index >= 15 is 0 Å². The summed E-state index contributed by atoms with van der Waals surface area (Å²) in [6, 6.07) is 3.18. The Hall–Kier alpha value is -1.82. The molecule has 5 nitrogen and oxygen atoms in total. The van der Waals surface area contributed by atoms with E-state index in [1.165, 1.54) is 12.1 Å². The van der Waals surface area contributed by atoms with Crippen molar-refractivity contribution in [2.45, 2.75) is 25.3 Å². The number of nitrogens with one attached hydrogen (secondary N) is 2. The third kappa shape index (κ3) is 3.60. The van der Waals surface area contributed by atoms with Crippen molar-refractivity contribution in [3.63, 3.8) is 0 Å². The number of halogens is 2. The fourth-order valence-electron chi connectivity index (χ4n) is 2.27. The monoisotopic (exact) mass is 300 g/mol. The molecule has 1 fully saturated rings. The van der Waals surface area contributed by atoms with Crippen LogP contribution >= 0.6 is 11.6 Å². The lowest BCUT2D eigenvalue weighted by atomic mass is 10.1. The number of carbonyl (C=O) groups is 2. The maximum atomic E-state index is 13.5. The van der Waals surface area contributed by atoms with Crippen LogP contribution in [0.3, 0.4) is 0 Å². The van der Waals surface area contributed by atoms with E-state index in [0.29, 0.717) is 19.3 Å². The summed E-state index contributed by atoms with van der Waals surface area (Å²) < 4.78 is 13.5. The molecule has 20 heavy (non-hydrogen) atoms. The van der Waals surface area contributed by atoms with Gasteiger partial charge in [-0.1, -0.05) is 11.6 Å². The van der Waals surface area contributed by atoms with Gasteiger partial charge in [-0.25, -0.2) is 9.18 Å². The van der Waals surface area contributed by atoms with Gasteiger partial charge in [-0.2, -0.15) is 0 Å². The number of benzene rings is 1. The number of rotatable bonds is 3. The number of hydrogen-bond donors (Lipinski definition) is 3. The standard InChI is InChI=1S/C13H14ClFN2O3/c14-8-2-4-11(10(15)6-8)17-13(20)16-9-3-1-7(5-9)12(18)19/h2,4,6-7,9H,1,3,5H2,(H,18,19)(H2,16,17,20)/t7-,9+/m1/s1. The van der Waals surface area contributed by atoms with Crippen molar-refractivity contribution >= 4 is 29.3 Å². The second-order valence-electron chi connectivity index (χ2n) is 4.77. The zero-order chi connectivity index (χ0) is 14.7. The van der Waals surface area contributed by atoms with Crippen molar-refractivity contribution < 1.29 is 19.1 Å². The number of carboxylic acids is 1. The summed E-state index contributed by atoms with van der Waals surface area (Å²) in [5.41, 5.74) is 0.0275. The zero-order valence-electron chi connectivity index (χ0n) is 10.5. The average Bonchev–Trinajstić information content (AvgIpc) is 2.81. The van der Waals surface area contributed by atoms with Gasteiger partial charge in [0.25, 0.3) is 0 Å². The molecule has 0 radical (unpaired) electrons. The topological polar surface area (TPSA) is 78.4 Å². The average molecular weight is 301 g/mol. The molecule has 1 saturated carbocycles. The highest BCUT2D eigenvalue weighted by atomic mass is 35.5. The van der Waals surface area contributed by atoms with Gasteiger partial charge in [0.15, 0.2) is 0 Å². The summed E-state index contributed by atoms with van der Waals surface area (Å²) >= 11 is 5.61. The van der Waals surface area contributed by atoms with Gasteiger partial charge in [-0.05, 0) is 37.5 Å². The van der Waals surface area contributed by atoms with Crippen LogP contribution in [0.15, 0.2) is 18.2 Å². The first-order chi connectivity index (χ1) is 9.45. The predicted octanol–water partition coefficient (Wildman–Crippen LogP) is 2.85. The molecule has 2 rings (SSSR count). The van der Waals surface area contributed by atoms with Gasteiger partial charge in [0.1, 0.15) is 5.82 Å². The molecule has 0 bridgehead atoms. The third-order valence-electron chi connectivity index (χ3n) is 3.30. The minimum Gasteiger partial charge on any atom is -0.481 e. The molecular weight excluding hydrogens is 287 g/mol. The van der Waals surface area contributed by atoms with E-state index in [1.54, 1.807) is 0 Å². The molecule has 0 unspecified atom stereocenters. The fourth-order valence-corrected chi connectivity index (χ4v) is 2.43. The normalized spacial score (nSPS) is 21.5. The van der Waals surface area contributed by atoms with Crippen molar-refractivity contribution in [1.29, 1.82) is 0 Å². The van der Waals surface area contributed by atoms with Crippen molar-refractivity contribution in [3.05, 3.63) is 29.0 Å². The molecule has 1 aliphatic rings. The molecule has 0 aliphatic heterocycles. The second kappa shape index (κ2) is 6.09. The van der Waals surface area contributed by atoms with Crippen LogP contribution in [0.1, 0.15) is 19.3 Å². The largest absolute Gasteiger partial charge is 0.481 e. The number of carboxylic acid groups (broad SMARTS) is 1. The van der Waals surface area contributed by atoms with Crippen LogP contribution in [0.2, 0.25) is 5.02 Å². The maximum absolute atomic E-state index is 13.5. The van der Waals surface area contributed by atoms with E-state index in [1.807, 2.05) is 0 Å². The fraction of sp³-hybridized carbons (Fsp3) is 0.385. The Bertz CT molecular complexity index is 538. The molecule has 0 spiro atoms. The van der Waals surface area contributed by atoms with Crippen LogP contribution in [0.4, 0.5) is 14.9 Å². The van der Waals surface area contributed by atoms with E-state index in [-0.39, 0.29) is 16.8 Å². The highest BCUT2D eigenvalue weighted by molar-refractivity contribution is 6.30. The number of aliphatic carboxylic acids is 1. The molecule has 2 atom stereocenters. The lowest BCUT2D eigenvalue weighted by molar-refractivity contribution is -0.141. The van der Waals surface area contributed by atoms with Crippen molar-refractivity contribution in [2.24, 2.45) is 5.92 Å². The van der Waals surface area contributed by atoms with E-state index in [9.17, 15) is 14.0 Å². The summed E-state index contributed by atoms with van der Waals surface area (Å²) in [7, 11) is 0. The van der Waals surface area contributed by atoms with Gasteiger partial charge in [0.2, 0.25) is 0 Å². The third-order valence-corrected chi connectivity index (χ3v) is 3.53. The Morgan fingerprint density at radius 1 is 1.35 bits per heavy atom. The van der Waals surface area contributed by atoms with Crippen molar-refractivity contribution in [2.75, 3.05) is 5.32 Å². The van der Waals surface area contributed by atoms with Gasteiger partial charge in [-0.15, -0.1) is 0 Å².